The number of anilines is 1. The van der Waals surface area contributed by atoms with Crippen molar-refractivity contribution in [2.45, 2.75) is 46.5 Å². The van der Waals surface area contributed by atoms with Crippen molar-refractivity contribution >= 4 is 21.6 Å². The van der Waals surface area contributed by atoms with E-state index in [4.69, 9.17) is 0 Å². The van der Waals surface area contributed by atoms with E-state index in [0.717, 1.165) is 12.5 Å². The molecule has 0 bridgehead atoms. The summed E-state index contributed by atoms with van der Waals surface area (Å²) in [6.45, 7) is 7.77. The van der Waals surface area contributed by atoms with Gasteiger partial charge in [-0.2, -0.15) is 0 Å². The molecule has 0 aliphatic carbocycles. The Morgan fingerprint density at radius 1 is 1.29 bits per heavy atom. The van der Waals surface area contributed by atoms with Gasteiger partial charge in [0, 0.05) is 16.7 Å². The average Bonchev–Trinajstić information content (AvgIpc) is 2.34. The quantitative estimate of drug-likeness (QED) is 0.712. The van der Waals surface area contributed by atoms with E-state index in [2.05, 4.69) is 60.2 Å². The third-order valence-electron chi connectivity index (χ3n) is 3.30. The lowest BCUT2D eigenvalue weighted by Gasteiger charge is -2.16. The monoisotopic (exact) mass is 297 g/mol. The molecule has 96 valence electrons. The number of unbranched alkanes of at least 4 members (excludes halogenated alkanes) is 1. The first-order chi connectivity index (χ1) is 8.17. The SMILES string of the molecule is CCCCC(CC)CNc1ccc(Br)c(C)c1. The fraction of sp³-hybridized carbons (Fsp3) is 0.600. The Morgan fingerprint density at radius 3 is 2.65 bits per heavy atom. The van der Waals surface area contributed by atoms with Crippen molar-refractivity contribution in [2.75, 3.05) is 11.9 Å². The van der Waals surface area contributed by atoms with Crippen molar-refractivity contribution in [3.8, 4) is 0 Å². The maximum atomic E-state index is 3.55. The lowest BCUT2D eigenvalue weighted by Crippen LogP contribution is -2.13. The second-order valence-electron chi connectivity index (χ2n) is 4.76. The fourth-order valence-corrected chi connectivity index (χ4v) is 2.21. The van der Waals surface area contributed by atoms with Crippen LogP contribution in [-0.4, -0.2) is 6.54 Å². The van der Waals surface area contributed by atoms with Gasteiger partial charge in [0.15, 0.2) is 0 Å². The first kappa shape index (κ1) is 14.6. The normalized spacial score (nSPS) is 12.5. The molecule has 0 saturated heterocycles. The molecule has 0 aliphatic heterocycles. The van der Waals surface area contributed by atoms with Gasteiger partial charge < -0.3 is 5.32 Å². The lowest BCUT2D eigenvalue weighted by molar-refractivity contribution is 0.473. The van der Waals surface area contributed by atoms with Crippen LogP contribution in [0.4, 0.5) is 5.69 Å². The van der Waals surface area contributed by atoms with Crippen LogP contribution >= 0.6 is 15.9 Å². The molecule has 0 aromatic heterocycles. The zero-order valence-corrected chi connectivity index (χ0v) is 12.8. The smallest absolute Gasteiger partial charge is 0.0343 e. The summed E-state index contributed by atoms with van der Waals surface area (Å²) < 4.78 is 1.18. The van der Waals surface area contributed by atoms with E-state index in [1.807, 2.05) is 0 Å². The van der Waals surface area contributed by atoms with E-state index in [1.165, 1.54) is 41.4 Å². The van der Waals surface area contributed by atoms with Gasteiger partial charge in [-0.15, -0.1) is 0 Å². The van der Waals surface area contributed by atoms with E-state index in [9.17, 15) is 0 Å². The van der Waals surface area contributed by atoms with E-state index in [-0.39, 0.29) is 0 Å². The molecule has 17 heavy (non-hydrogen) atoms. The van der Waals surface area contributed by atoms with Crippen LogP contribution in [0.25, 0.3) is 0 Å². The van der Waals surface area contributed by atoms with Crippen molar-refractivity contribution in [3.05, 3.63) is 28.2 Å². The predicted octanol–water partition coefficient (Wildman–Crippen LogP) is 5.39. The Bertz CT molecular complexity index is 336. The molecule has 2 heteroatoms. The van der Waals surface area contributed by atoms with Crippen LogP contribution in [0, 0.1) is 12.8 Å². The summed E-state index contributed by atoms with van der Waals surface area (Å²) in [5.41, 5.74) is 2.53. The Labute approximate surface area is 114 Å². The highest BCUT2D eigenvalue weighted by atomic mass is 79.9. The number of halogens is 1. The standard InChI is InChI=1S/C15H24BrN/c1-4-6-7-13(5-2)11-17-14-8-9-15(16)12(3)10-14/h8-10,13,17H,4-7,11H2,1-3H3. The topological polar surface area (TPSA) is 12.0 Å². The minimum absolute atomic E-state index is 0.805. The van der Waals surface area contributed by atoms with Gasteiger partial charge in [-0.25, -0.2) is 0 Å². The van der Waals surface area contributed by atoms with Gasteiger partial charge in [-0.3, -0.25) is 0 Å². The van der Waals surface area contributed by atoms with Crippen molar-refractivity contribution in [3.63, 3.8) is 0 Å². The first-order valence-corrected chi connectivity index (χ1v) is 7.46. The summed E-state index contributed by atoms with van der Waals surface area (Å²) >= 11 is 3.53. The highest BCUT2D eigenvalue weighted by Gasteiger charge is 2.05. The van der Waals surface area contributed by atoms with E-state index in [1.54, 1.807) is 0 Å². The number of rotatable bonds is 7. The van der Waals surface area contributed by atoms with Crippen LogP contribution in [0.5, 0.6) is 0 Å². The third-order valence-corrected chi connectivity index (χ3v) is 4.19. The van der Waals surface area contributed by atoms with Crippen molar-refractivity contribution < 1.29 is 0 Å². The number of nitrogens with one attached hydrogen (secondary N) is 1. The third kappa shape index (κ3) is 5.12. The number of benzene rings is 1. The molecule has 0 saturated carbocycles. The molecular weight excluding hydrogens is 274 g/mol. The second-order valence-corrected chi connectivity index (χ2v) is 5.62. The van der Waals surface area contributed by atoms with Crippen LogP contribution < -0.4 is 5.32 Å². The first-order valence-electron chi connectivity index (χ1n) is 6.67. The lowest BCUT2D eigenvalue weighted by atomic mass is 9.99. The second kappa shape index (κ2) is 7.75. The molecule has 0 heterocycles. The Hall–Kier alpha value is -0.500. The van der Waals surface area contributed by atoms with Gasteiger partial charge in [0.25, 0.3) is 0 Å². The molecule has 0 fully saturated rings. The predicted molar refractivity (Wildman–Crippen MR) is 80.7 cm³/mol. The van der Waals surface area contributed by atoms with Crippen molar-refractivity contribution in [1.29, 1.82) is 0 Å². The van der Waals surface area contributed by atoms with Crippen LogP contribution in [0.15, 0.2) is 22.7 Å². The maximum absolute atomic E-state index is 3.55. The summed E-state index contributed by atoms with van der Waals surface area (Å²) in [4.78, 5) is 0. The summed E-state index contributed by atoms with van der Waals surface area (Å²) in [7, 11) is 0. The van der Waals surface area contributed by atoms with Gasteiger partial charge in [0.05, 0.1) is 0 Å². The van der Waals surface area contributed by atoms with Gasteiger partial charge in [0.2, 0.25) is 0 Å². The Kier molecular flexibility index (Phi) is 6.64. The van der Waals surface area contributed by atoms with E-state index in [0.29, 0.717) is 0 Å². The summed E-state index contributed by atoms with van der Waals surface area (Å²) in [5, 5.41) is 3.55. The van der Waals surface area contributed by atoms with Crippen LogP contribution in [0.1, 0.15) is 45.1 Å². The minimum Gasteiger partial charge on any atom is -0.385 e. The number of aryl methyl sites for hydroxylation is 1. The van der Waals surface area contributed by atoms with Crippen LogP contribution in [0.2, 0.25) is 0 Å². The van der Waals surface area contributed by atoms with Crippen molar-refractivity contribution in [1.82, 2.24) is 0 Å². The summed E-state index contributed by atoms with van der Waals surface area (Å²) in [6, 6.07) is 6.46. The Morgan fingerprint density at radius 2 is 2.06 bits per heavy atom. The highest BCUT2D eigenvalue weighted by Crippen LogP contribution is 2.21. The molecule has 0 spiro atoms. The molecule has 1 unspecified atom stereocenters. The van der Waals surface area contributed by atoms with Gasteiger partial charge >= 0.3 is 0 Å². The molecule has 1 N–H and O–H groups in total. The molecule has 0 amide bonds. The molecule has 1 aromatic rings. The minimum atomic E-state index is 0.805. The molecular formula is C15H24BrN. The molecule has 1 rings (SSSR count). The zero-order chi connectivity index (χ0) is 12.7. The highest BCUT2D eigenvalue weighted by molar-refractivity contribution is 9.10. The van der Waals surface area contributed by atoms with Crippen LogP contribution in [-0.2, 0) is 0 Å². The summed E-state index contributed by atoms with van der Waals surface area (Å²) in [6.07, 6.45) is 5.26. The van der Waals surface area contributed by atoms with Crippen LogP contribution in [0.3, 0.4) is 0 Å². The Balaban J connectivity index is 2.45. The van der Waals surface area contributed by atoms with Crippen molar-refractivity contribution in [2.24, 2.45) is 5.92 Å². The molecule has 1 aromatic carbocycles. The van der Waals surface area contributed by atoms with Gasteiger partial charge in [0.1, 0.15) is 0 Å². The summed E-state index contributed by atoms with van der Waals surface area (Å²) in [5.74, 6) is 0.805. The molecule has 1 atom stereocenters. The largest absolute Gasteiger partial charge is 0.385 e. The number of hydrogen-bond donors (Lipinski definition) is 1. The molecule has 0 radical (unpaired) electrons. The molecule has 0 aliphatic rings. The fourth-order valence-electron chi connectivity index (χ4n) is 1.96. The van der Waals surface area contributed by atoms with E-state index >= 15 is 0 Å². The number of hydrogen-bond acceptors (Lipinski definition) is 1. The zero-order valence-electron chi connectivity index (χ0n) is 11.2. The molecule has 1 nitrogen and oxygen atoms in total. The average molecular weight is 298 g/mol. The van der Waals surface area contributed by atoms with Gasteiger partial charge in [-0.1, -0.05) is 49.0 Å². The van der Waals surface area contributed by atoms with Gasteiger partial charge in [-0.05, 0) is 43.0 Å². The maximum Gasteiger partial charge on any atom is 0.0343 e. The van der Waals surface area contributed by atoms with E-state index < -0.39 is 0 Å².